The highest BCUT2D eigenvalue weighted by Crippen LogP contribution is 2.29. The number of amides is 2. The maximum absolute atomic E-state index is 12.8. The van der Waals surface area contributed by atoms with Gasteiger partial charge in [-0.3, -0.25) is 9.59 Å². The molecule has 0 spiro atoms. The van der Waals surface area contributed by atoms with Crippen LogP contribution >= 0.6 is 15.9 Å². The second kappa shape index (κ2) is 7.20. The number of carbonyl (C=O) groups is 2. The van der Waals surface area contributed by atoms with Crippen molar-refractivity contribution >= 4 is 38.7 Å². The first-order valence-corrected chi connectivity index (χ1v) is 9.44. The molecular weight excluding hydrogens is 384 g/mol. The van der Waals surface area contributed by atoms with E-state index in [2.05, 4.69) is 21.2 Å². The summed E-state index contributed by atoms with van der Waals surface area (Å²) in [5, 5.41) is 3.90. The molecule has 6 heteroatoms. The Hall–Kier alpha value is -1.82. The highest BCUT2D eigenvalue weighted by molar-refractivity contribution is 9.10. The van der Waals surface area contributed by atoms with Gasteiger partial charge in [-0.25, -0.2) is 0 Å². The molecule has 1 N–H and O–H groups in total. The second-order valence-corrected chi connectivity index (χ2v) is 7.84. The Morgan fingerprint density at radius 1 is 1.28 bits per heavy atom. The Labute approximate surface area is 155 Å². The fraction of sp³-hybridized carbons (Fsp3) is 0.474. The third-order valence-corrected chi connectivity index (χ3v) is 5.17. The first-order chi connectivity index (χ1) is 11.9. The second-order valence-electron chi connectivity index (χ2n) is 6.93. The number of aryl methyl sites for hydroxylation is 1. The molecule has 1 aromatic carbocycles. The molecule has 1 aliphatic heterocycles. The summed E-state index contributed by atoms with van der Waals surface area (Å²) in [7, 11) is 0. The van der Waals surface area contributed by atoms with Gasteiger partial charge in [0, 0.05) is 40.5 Å². The number of nitrogens with zero attached hydrogens (tertiary/aromatic N) is 1. The van der Waals surface area contributed by atoms with Crippen molar-refractivity contribution in [2.45, 2.75) is 39.7 Å². The third kappa shape index (κ3) is 3.73. The molecule has 5 nitrogen and oxygen atoms in total. The summed E-state index contributed by atoms with van der Waals surface area (Å²) in [4.78, 5) is 26.8. The van der Waals surface area contributed by atoms with Gasteiger partial charge in [-0.2, -0.15) is 0 Å². The predicted octanol–water partition coefficient (Wildman–Crippen LogP) is 3.88. The molecule has 1 fully saturated rings. The van der Waals surface area contributed by atoms with Crippen LogP contribution in [0.5, 0.6) is 0 Å². The van der Waals surface area contributed by atoms with Gasteiger partial charge in [0.2, 0.25) is 5.91 Å². The van der Waals surface area contributed by atoms with Crippen LogP contribution in [0.3, 0.4) is 0 Å². The Kier molecular flexibility index (Phi) is 5.18. The number of halogens is 1. The Bertz CT molecular complexity index is 804. The summed E-state index contributed by atoms with van der Waals surface area (Å²) in [6.45, 7) is 6.98. The monoisotopic (exact) mass is 406 g/mol. The van der Waals surface area contributed by atoms with Crippen LogP contribution in [0.2, 0.25) is 0 Å². The molecular formula is C19H23BrN2O3. The zero-order valence-corrected chi connectivity index (χ0v) is 16.4. The lowest BCUT2D eigenvalue weighted by atomic mass is 9.95. The molecule has 0 radical (unpaired) electrons. The molecule has 1 aromatic heterocycles. The molecule has 1 aliphatic rings. The number of fused-ring (bicyclic) bond motifs is 1. The normalized spacial score (nSPS) is 15.8. The average molecular weight is 407 g/mol. The van der Waals surface area contributed by atoms with Crippen LogP contribution in [0.1, 0.15) is 42.8 Å². The molecule has 2 amide bonds. The third-order valence-electron chi connectivity index (χ3n) is 4.68. The van der Waals surface area contributed by atoms with Crippen molar-refractivity contribution in [2.24, 2.45) is 5.92 Å². The number of hydrogen-bond acceptors (Lipinski definition) is 3. The number of benzene rings is 1. The van der Waals surface area contributed by atoms with Gasteiger partial charge in [0.1, 0.15) is 5.58 Å². The van der Waals surface area contributed by atoms with Crippen LogP contribution in [-0.4, -0.2) is 35.8 Å². The number of nitrogens with one attached hydrogen (secondary N) is 1. The van der Waals surface area contributed by atoms with E-state index in [-0.39, 0.29) is 23.8 Å². The first-order valence-electron chi connectivity index (χ1n) is 8.65. The molecule has 0 bridgehead atoms. The zero-order valence-electron chi connectivity index (χ0n) is 14.8. The van der Waals surface area contributed by atoms with Crippen LogP contribution in [0.4, 0.5) is 0 Å². The van der Waals surface area contributed by atoms with Crippen LogP contribution in [0.15, 0.2) is 27.1 Å². The Morgan fingerprint density at radius 2 is 1.96 bits per heavy atom. The van der Waals surface area contributed by atoms with Gasteiger partial charge < -0.3 is 14.6 Å². The number of piperidine rings is 1. The first kappa shape index (κ1) is 18.0. The van der Waals surface area contributed by atoms with Gasteiger partial charge >= 0.3 is 0 Å². The lowest BCUT2D eigenvalue weighted by Crippen LogP contribution is -2.44. The quantitative estimate of drug-likeness (QED) is 0.840. The minimum Gasteiger partial charge on any atom is -0.451 e. The van der Waals surface area contributed by atoms with Crippen molar-refractivity contribution in [3.8, 4) is 0 Å². The van der Waals surface area contributed by atoms with E-state index >= 15 is 0 Å². The van der Waals surface area contributed by atoms with Gasteiger partial charge in [0.25, 0.3) is 5.91 Å². The fourth-order valence-corrected chi connectivity index (χ4v) is 3.65. The maximum Gasteiger partial charge on any atom is 0.289 e. The standard InChI is InChI=1S/C19H23BrN2O3/c1-11(2)21-18(23)13-6-8-22(9-7-13)19(24)17-12(3)15-10-14(20)4-5-16(15)25-17/h4-5,10-11,13H,6-9H2,1-3H3,(H,21,23). The zero-order chi connectivity index (χ0) is 18.1. The fourth-order valence-electron chi connectivity index (χ4n) is 3.29. The van der Waals surface area contributed by atoms with Gasteiger partial charge in [0.05, 0.1) is 0 Å². The average Bonchev–Trinajstić information content (AvgIpc) is 2.90. The lowest BCUT2D eigenvalue weighted by molar-refractivity contribution is -0.126. The number of likely N-dealkylation sites (tertiary alicyclic amines) is 1. The van der Waals surface area contributed by atoms with Gasteiger partial charge in [-0.1, -0.05) is 15.9 Å². The minimum atomic E-state index is -0.0902. The molecule has 2 aromatic rings. The van der Waals surface area contributed by atoms with E-state index in [0.717, 1.165) is 21.0 Å². The minimum absolute atomic E-state index is 0.0147. The van der Waals surface area contributed by atoms with Crippen LogP contribution in [-0.2, 0) is 4.79 Å². The summed E-state index contributed by atoms with van der Waals surface area (Å²) < 4.78 is 6.76. The lowest BCUT2D eigenvalue weighted by Gasteiger charge is -2.31. The van der Waals surface area contributed by atoms with E-state index in [1.54, 1.807) is 4.90 Å². The van der Waals surface area contributed by atoms with Crippen molar-refractivity contribution in [1.82, 2.24) is 10.2 Å². The molecule has 2 heterocycles. The van der Waals surface area contributed by atoms with Gasteiger partial charge in [-0.15, -0.1) is 0 Å². The molecule has 0 atom stereocenters. The number of hydrogen-bond donors (Lipinski definition) is 1. The maximum atomic E-state index is 12.8. The highest BCUT2D eigenvalue weighted by atomic mass is 79.9. The molecule has 1 saturated heterocycles. The topological polar surface area (TPSA) is 62.6 Å². The van der Waals surface area contributed by atoms with Crippen LogP contribution < -0.4 is 5.32 Å². The molecule has 134 valence electrons. The van der Waals surface area contributed by atoms with Crippen LogP contribution in [0, 0.1) is 12.8 Å². The Morgan fingerprint density at radius 3 is 2.60 bits per heavy atom. The smallest absolute Gasteiger partial charge is 0.289 e. The number of rotatable bonds is 3. The van der Waals surface area contributed by atoms with Crippen molar-refractivity contribution in [3.63, 3.8) is 0 Å². The van der Waals surface area contributed by atoms with E-state index < -0.39 is 0 Å². The highest BCUT2D eigenvalue weighted by Gasteiger charge is 2.30. The molecule has 0 unspecified atom stereocenters. The summed E-state index contributed by atoms with van der Waals surface area (Å²) in [6.07, 6.45) is 1.38. The number of furan rings is 1. The van der Waals surface area contributed by atoms with Gasteiger partial charge in [0.15, 0.2) is 5.76 Å². The summed E-state index contributed by atoms with van der Waals surface area (Å²) in [5.74, 6) is 0.386. The van der Waals surface area contributed by atoms with Gasteiger partial charge in [-0.05, 0) is 51.8 Å². The van der Waals surface area contributed by atoms with E-state index in [9.17, 15) is 9.59 Å². The van der Waals surface area contributed by atoms with E-state index in [0.29, 0.717) is 31.7 Å². The van der Waals surface area contributed by atoms with E-state index in [1.807, 2.05) is 39.0 Å². The van der Waals surface area contributed by atoms with Crippen molar-refractivity contribution < 1.29 is 14.0 Å². The predicted molar refractivity (Wildman–Crippen MR) is 101 cm³/mol. The molecule has 3 rings (SSSR count). The largest absolute Gasteiger partial charge is 0.451 e. The molecule has 0 aliphatic carbocycles. The van der Waals surface area contributed by atoms with E-state index in [4.69, 9.17) is 4.42 Å². The number of carbonyl (C=O) groups excluding carboxylic acids is 2. The summed E-state index contributed by atoms with van der Waals surface area (Å²) in [6, 6.07) is 5.88. The Balaban J connectivity index is 1.71. The molecule has 0 saturated carbocycles. The summed E-state index contributed by atoms with van der Waals surface area (Å²) in [5.41, 5.74) is 1.58. The summed E-state index contributed by atoms with van der Waals surface area (Å²) >= 11 is 3.45. The van der Waals surface area contributed by atoms with Crippen molar-refractivity contribution in [2.75, 3.05) is 13.1 Å². The molecule has 25 heavy (non-hydrogen) atoms. The van der Waals surface area contributed by atoms with Crippen molar-refractivity contribution in [3.05, 3.63) is 34.0 Å². The van der Waals surface area contributed by atoms with E-state index in [1.165, 1.54) is 0 Å². The SMILES string of the molecule is Cc1c(C(=O)N2CCC(C(=O)NC(C)C)CC2)oc2ccc(Br)cc12. The van der Waals surface area contributed by atoms with Crippen molar-refractivity contribution in [1.29, 1.82) is 0 Å². The van der Waals surface area contributed by atoms with Crippen LogP contribution in [0.25, 0.3) is 11.0 Å².